The molecule has 2 N–H and O–H groups in total. The van der Waals surface area contributed by atoms with E-state index in [0.29, 0.717) is 23.3 Å². The lowest BCUT2D eigenvalue weighted by Gasteiger charge is -2.12. The Morgan fingerprint density at radius 2 is 1.79 bits per heavy atom. The van der Waals surface area contributed by atoms with Crippen LogP contribution in [0.2, 0.25) is 0 Å². The van der Waals surface area contributed by atoms with Crippen molar-refractivity contribution in [2.75, 3.05) is 0 Å². The molecule has 0 fully saturated rings. The quantitative estimate of drug-likeness (QED) is 0.409. The first-order chi connectivity index (χ1) is 13.2. The van der Waals surface area contributed by atoms with Gasteiger partial charge in [0.05, 0.1) is 5.60 Å². The van der Waals surface area contributed by atoms with E-state index in [1.165, 1.54) is 6.08 Å². The Bertz CT molecular complexity index is 874. The Morgan fingerprint density at radius 3 is 2.43 bits per heavy atom. The van der Waals surface area contributed by atoms with Gasteiger partial charge < -0.3 is 14.9 Å². The second kappa shape index (κ2) is 9.67. The summed E-state index contributed by atoms with van der Waals surface area (Å²) in [5.74, 6) is -1.06. The number of rotatable bonds is 8. The first-order valence-corrected chi connectivity index (χ1v) is 8.94. The summed E-state index contributed by atoms with van der Waals surface area (Å²) in [5.41, 5.74) is 1.22. The van der Waals surface area contributed by atoms with Crippen molar-refractivity contribution in [3.8, 4) is 5.75 Å². The summed E-state index contributed by atoms with van der Waals surface area (Å²) in [7, 11) is 0. The SMILES string of the molecule is CC(C)(O)/C=C/c1cc(/C=C/C(=O)O)ccc1OC(=O)CCc1ccccc1. The molecular formula is C23H24O5. The van der Waals surface area contributed by atoms with Gasteiger partial charge in [0.25, 0.3) is 0 Å². The van der Waals surface area contributed by atoms with Crippen LogP contribution in [-0.4, -0.2) is 27.8 Å². The van der Waals surface area contributed by atoms with Crippen molar-refractivity contribution in [1.82, 2.24) is 0 Å². The van der Waals surface area contributed by atoms with Gasteiger partial charge in [-0.3, -0.25) is 4.79 Å². The van der Waals surface area contributed by atoms with Gasteiger partial charge in [0.15, 0.2) is 0 Å². The molecule has 0 aliphatic carbocycles. The van der Waals surface area contributed by atoms with Gasteiger partial charge >= 0.3 is 11.9 Å². The Labute approximate surface area is 164 Å². The van der Waals surface area contributed by atoms with Gasteiger partial charge in [-0.1, -0.05) is 48.6 Å². The van der Waals surface area contributed by atoms with Gasteiger partial charge in [-0.15, -0.1) is 0 Å². The van der Waals surface area contributed by atoms with Crippen LogP contribution in [0.3, 0.4) is 0 Å². The lowest BCUT2D eigenvalue weighted by atomic mass is 10.0. The normalized spacial score (nSPS) is 11.8. The molecule has 0 aliphatic rings. The van der Waals surface area contributed by atoms with Gasteiger partial charge in [0, 0.05) is 18.1 Å². The molecule has 2 aromatic carbocycles. The summed E-state index contributed by atoms with van der Waals surface area (Å²) in [6.45, 7) is 3.26. The van der Waals surface area contributed by atoms with Crippen LogP contribution < -0.4 is 4.74 Å². The van der Waals surface area contributed by atoms with Crippen LogP contribution in [0.4, 0.5) is 0 Å². The summed E-state index contributed by atoms with van der Waals surface area (Å²) in [6.07, 6.45) is 6.52. The Balaban J connectivity index is 2.17. The van der Waals surface area contributed by atoms with E-state index >= 15 is 0 Å². The number of carbonyl (C=O) groups is 2. The highest BCUT2D eigenvalue weighted by molar-refractivity contribution is 5.85. The molecule has 0 saturated carbocycles. The smallest absolute Gasteiger partial charge is 0.328 e. The number of aliphatic carboxylic acids is 1. The molecule has 2 aromatic rings. The molecule has 146 valence electrons. The fraction of sp³-hybridized carbons (Fsp3) is 0.217. The van der Waals surface area contributed by atoms with Gasteiger partial charge in [0.2, 0.25) is 0 Å². The third kappa shape index (κ3) is 7.60. The fourth-order valence-corrected chi connectivity index (χ4v) is 2.42. The molecule has 5 heteroatoms. The number of benzene rings is 2. The van der Waals surface area contributed by atoms with Crippen LogP contribution in [0, 0.1) is 0 Å². The van der Waals surface area contributed by atoms with Crippen molar-refractivity contribution < 1.29 is 24.5 Å². The first-order valence-electron chi connectivity index (χ1n) is 8.94. The van der Waals surface area contributed by atoms with Crippen LogP contribution >= 0.6 is 0 Å². The van der Waals surface area contributed by atoms with Crippen LogP contribution in [0.1, 0.15) is 37.0 Å². The Hall–Kier alpha value is -3.18. The number of carboxylic acids is 1. The van der Waals surface area contributed by atoms with Gasteiger partial charge in [-0.2, -0.15) is 0 Å². The van der Waals surface area contributed by atoms with E-state index in [2.05, 4.69) is 0 Å². The average molecular weight is 380 g/mol. The van der Waals surface area contributed by atoms with Crippen molar-refractivity contribution in [3.05, 3.63) is 77.4 Å². The topological polar surface area (TPSA) is 83.8 Å². The average Bonchev–Trinajstić information content (AvgIpc) is 2.64. The van der Waals surface area contributed by atoms with E-state index < -0.39 is 11.6 Å². The molecule has 28 heavy (non-hydrogen) atoms. The second-order valence-corrected chi connectivity index (χ2v) is 6.92. The molecule has 0 radical (unpaired) electrons. The zero-order chi connectivity index (χ0) is 20.6. The maximum Gasteiger partial charge on any atom is 0.328 e. The molecular weight excluding hydrogens is 356 g/mol. The monoisotopic (exact) mass is 380 g/mol. The fourth-order valence-electron chi connectivity index (χ4n) is 2.42. The molecule has 0 aromatic heterocycles. The van der Waals surface area contributed by atoms with Crippen molar-refractivity contribution in [2.45, 2.75) is 32.3 Å². The number of hydrogen-bond acceptors (Lipinski definition) is 4. The molecule has 0 saturated heterocycles. The van der Waals surface area contributed by atoms with Gasteiger partial charge in [-0.25, -0.2) is 4.79 Å². The maximum absolute atomic E-state index is 12.3. The zero-order valence-corrected chi connectivity index (χ0v) is 16.0. The third-order valence-corrected chi connectivity index (χ3v) is 3.81. The van der Waals surface area contributed by atoms with Crippen LogP contribution in [0.15, 0.2) is 60.7 Å². The van der Waals surface area contributed by atoms with E-state index in [1.54, 1.807) is 44.2 Å². The highest BCUT2D eigenvalue weighted by Crippen LogP contribution is 2.24. The molecule has 5 nitrogen and oxygen atoms in total. The highest BCUT2D eigenvalue weighted by atomic mass is 16.5. The first kappa shape index (κ1) is 21.1. The summed E-state index contributed by atoms with van der Waals surface area (Å²) >= 11 is 0. The minimum absolute atomic E-state index is 0.235. The molecule has 0 heterocycles. The maximum atomic E-state index is 12.3. The summed E-state index contributed by atoms with van der Waals surface area (Å²) in [5, 5.41) is 18.7. The van der Waals surface area contributed by atoms with Crippen LogP contribution in [-0.2, 0) is 16.0 Å². The Morgan fingerprint density at radius 1 is 1.07 bits per heavy atom. The van der Waals surface area contributed by atoms with E-state index in [-0.39, 0.29) is 12.4 Å². The van der Waals surface area contributed by atoms with E-state index in [1.807, 2.05) is 30.3 Å². The molecule has 0 bridgehead atoms. The number of ether oxygens (including phenoxy) is 1. The molecule has 0 atom stereocenters. The lowest BCUT2D eigenvalue weighted by molar-refractivity contribution is -0.134. The third-order valence-electron chi connectivity index (χ3n) is 3.81. The number of carboxylic acid groups (broad SMARTS) is 1. The standard InChI is InChI=1S/C23H24O5/c1-23(2,27)15-14-19-16-18(9-12-21(24)25)8-11-20(19)28-22(26)13-10-17-6-4-3-5-7-17/h3-9,11-12,14-16,27H,10,13H2,1-2H3,(H,24,25)/b12-9+,15-14+. The summed E-state index contributed by atoms with van der Waals surface area (Å²) < 4.78 is 5.50. The molecule has 0 aliphatic heterocycles. The lowest BCUT2D eigenvalue weighted by Crippen LogP contribution is -2.13. The number of aryl methyl sites for hydroxylation is 1. The highest BCUT2D eigenvalue weighted by Gasteiger charge is 2.11. The Kier molecular flexibility index (Phi) is 7.29. The molecule has 2 rings (SSSR count). The number of esters is 1. The summed E-state index contributed by atoms with van der Waals surface area (Å²) in [6, 6.07) is 14.6. The number of hydrogen-bond donors (Lipinski definition) is 2. The minimum Gasteiger partial charge on any atom is -0.478 e. The van der Waals surface area contributed by atoms with Crippen LogP contribution in [0.25, 0.3) is 12.2 Å². The van der Waals surface area contributed by atoms with Gasteiger partial charge in [0.1, 0.15) is 5.75 Å². The van der Waals surface area contributed by atoms with E-state index in [4.69, 9.17) is 9.84 Å². The second-order valence-electron chi connectivity index (χ2n) is 6.92. The number of aliphatic hydroxyl groups is 1. The number of carbonyl (C=O) groups excluding carboxylic acids is 1. The van der Waals surface area contributed by atoms with Gasteiger partial charge in [-0.05, 0) is 49.6 Å². The minimum atomic E-state index is -1.05. The van der Waals surface area contributed by atoms with E-state index in [9.17, 15) is 14.7 Å². The molecule has 0 amide bonds. The molecule has 0 unspecified atom stereocenters. The van der Waals surface area contributed by atoms with E-state index in [0.717, 1.165) is 11.6 Å². The summed E-state index contributed by atoms with van der Waals surface area (Å²) in [4.78, 5) is 23.0. The van der Waals surface area contributed by atoms with Crippen LogP contribution in [0.5, 0.6) is 5.75 Å². The van der Waals surface area contributed by atoms with Crippen molar-refractivity contribution in [2.24, 2.45) is 0 Å². The van der Waals surface area contributed by atoms with Crippen molar-refractivity contribution in [1.29, 1.82) is 0 Å². The predicted octanol–water partition coefficient (Wildman–Crippen LogP) is 4.11. The zero-order valence-electron chi connectivity index (χ0n) is 16.0. The predicted molar refractivity (Wildman–Crippen MR) is 109 cm³/mol. The van der Waals surface area contributed by atoms with Crippen molar-refractivity contribution >= 4 is 24.1 Å². The molecule has 0 spiro atoms. The van der Waals surface area contributed by atoms with Crippen molar-refractivity contribution in [3.63, 3.8) is 0 Å². The largest absolute Gasteiger partial charge is 0.478 e.